The zero-order chi connectivity index (χ0) is 14.5. The summed E-state index contributed by atoms with van der Waals surface area (Å²) in [6.07, 6.45) is -0.0999. The fourth-order valence-electron chi connectivity index (χ4n) is 1.92. The molecule has 1 atom stereocenters. The van der Waals surface area contributed by atoms with E-state index in [1.807, 2.05) is 25.1 Å². The Labute approximate surface area is 117 Å². The van der Waals surface area contributed by atoms with E-state index in [1.54, 1.807) is 18.9 Å². The van der Waals surface area contributed by atoms with Gasteiger partial charge in [0.2, 0.25) is 0 Å². The largest absolute Gasteiger partial charge is 0.399 e. The molecule has 0 aliphatic carbocycles. The van der Waals surface area contributed by atoms with Gasteiger partial charge in [0.25, 0.3) is 0 Å². The molecule has 0 radical (unpaired) electrons. The molecular weight excluding hydrogens is 258 g/mol. The van der Waals surface area contributed by atoms with Gasteiger partial charge in [-0.1, -0.05) is 0 Å². The highest BCUT2D eigenvalue weighted by molar-refractivity contribution is 5.61. The van der Waals surface area contributed by atoms with Crippen LogP contribution in [0.25, 0.3) is 11.4 Å². The zero-order valence-corrected chi connectivity index (χ0v) is 11.9. The summed E-state index contributed by atoms with van der Waals surface area (Å²) in [6.45, 7) is 2.96. The van der Waals surface area contributed by atoms with E-state index in [0.29, 0.717) is 19.0 Å². The smallest absolute Gasteiger partial charge is 0.182 e. The first-order valence-corrected chi connectivity index (χ1v) is 6.30. The Balaban J connectivity index is 2.25. The summed E-state index contributed by atoms with van der Waals surface area (Å²) in [5.41, 5.74) is 8.50. The second-order valence-corrected chi connectivity index (χ2v) is 4.57. The van der Waals surface area contributed by atoms with Gasteiger partial charge >= 0.3 is 0 Å². The topological polar surface area (TPSA) is 88.1 Å². The third kappa shape index (κ3) is 3.12. The van der Waals surface area contributed by atoms with Gasteiger partial charge < -0.3 is 15.2 Å². The van der Waals surface area contributed by atoms with E-state index in [-0.39, 0.29) is 6.10 Å². The maximum atomic E-state index is 5.83. The first-order valence-electron chi connectivity index (χ1n) is 6.30. The van der Waals surface area contributed by atoms with E-state index < -0.39 is 0 Å². The van der Waals surface area contributed by atoms with Gasteiger partial charge in [-0.2, -0.15) is 0 Å². The second-order valence-electron chi connectivity index (χ2n) is 4.57. The summed E-state index contributed by atoms with van der Waals surface area (Å²) in [6, 6.07) is 5.73. The van der Waals surface area contributed by atoms with Gasteiger partial charge in [0.1, 0.15) is 6.10 Å². The SMILES string of the molecule is COCC(Cn1nnnc1-c1ccc(N)c(C)c1)OC. The van der Waals surface area contributed by atoms with Crippen molar-refractivity contribution < 1.29 is 9.47 Å². The van der Waals surface area contributed by atoms with Gasteiger partial charge in [0.15, 0.2) is 5.82 Å². The zero-order valence-electron chi connectivity index (χ0n) is 11.9. The number of nitrogens with two attached hydrogens (primary N) is 1. The van der Waals surface area contributed by atoms with Crippen molar-refractivity contribution in [1.29, 1.82) is 0 Å². The molecule has 108 valence electrons. The van der Waals surface area contributed by atoms with E-state index in [0.717, 1.165) is 16.8 Å². The lowest BCUT2D eigenvalue weighted by Crippen LogP contribution is -2.25. The molecule has 1 aromatic heterocycles. The number of methoxy groups -OCH3 is 2. The molecule has 20 heavy (non-hydrogen) atoms. The molecule has 0 saturated carbocycles. The lowest BCUT2D eigenvalue weighted by Gasteiger charge is -2.14. The number of rotatable bonds is 6. The fourth-order valence-corrected chi connectivity index (χ4v) is 1.92. The van der Waals surface area contributed by atoms with Crippen LogP contribution in [-0.2, 0) is 16.0 Å². The lowest BCUT2D eigenvalue weighted by molar-refractivity contribution is 0.0163. The Morgan fingerprint density at radius 1 is 1.35 bits per heavy atom. The molecule has 2 aromatic rings. The molecule has 0 bridgehead atoms. The maximum Gasteiger partial charge on any atom is 0.182 e. The number of hydrogen-bond donors (Lipinski definition) is 1. The molecule has 7 nitrogen and oxygen atoms in total. The molecule has 2 N–H and O–H groups in total. The van der Waals surface area contributed by atoms with Crippen molar-refractivity contribution >= 4 is 5.69 Å². The Bertz CT molecular complexity index is 570. The first-order chi connectivity index (χ1) is 9.65. The van der Waals surface area contributed by atoms with Crippen LogP contribution in [0.4, 0.5) is 5.69 Å². The van der Waals surface area contributed by atoms with Gasteiger partial charge in [0.05, 0.1) is 13.2 Å². The van der Waals surface area contributed by atoms with E-state index in [9.17, 15) is 0 Å². The summed E-state index contributed by atoms with van der Waals surface area (Å²) < 4.78 is 12.1. The minimum Gasteiger partial charge on any atom is -0.399 e. The van der Waals surface area contributed by atoms with Crippen molar-refractivity contribution in [1.82, 2.24) is 20.2 Å². The van der Waals surface area contributed by atoms with Crippen molar-refractivity contribution in [3.05, 3.63) is 23.8 Å². The van der Waals surface area contributed by atoms with Crippen molar-refractivity contribution in [3.63, 3.8) is 0 Å². The summed E-state index contributed by atoms with van der Waals surface area (Å²) >= 11 is 0. The van der Waals surface area contributed by atoms with Crippen molar-refractivity contribution in [2.75, 3.05) is 26.6 Å². The molecule has 7 heteroatoms. The highest BCUT2D eigenvalue weighted by Crippen LogP contribution is 2.21. The van der Waals surface area contributed by atoms with Crippen LogP contribution in [-0.4, -0.2) is 47.1 Å². The molecule has 2 rings (SSSR count). The molecule has 0 amide bonds. The Morgan fingerprint density at radius 3 is 2.80 bits per heavy atom. The number of aryl methyl sites for hydroxylation is 1. The monoisotopic (exact) mass is 277 g/mol. The van der Waals surface area contributed by atoms with Gasteiger partial charge in [0, 0.05) is 25.5 Å². The number of benzene rings is 1. The van der Waals surface area contributed by atoms with Crippen LogP contribution < -0.4 is 5.73 Å². The predicted octanol–water partition coefficient (Wildman–Crippen LogP) is 0.892. The second kappa shape index (κ2) is 6.44. The van der Waals surface area contributed by atoms with Crippen molar-refractivity contribution in [2.24, 2.45) is 0 Å². The molecule has 0 fully saturated rings. The van der Waals surface area contributed by atoms with Crippen LogP contribution in [0.3, 0.4) is 0 Å². The third-order valence-corrected chi connectivity index (χ3v) is 3.12. The van der Waals surface area contributed by atoms with Crippen LogP contribution in [0.5, 0.6) is 0 Å². The molecule has 1 unspecified atom stereocenters. The van der Waals surface area contributed by atoms with Crippen molar-refractivity contribution in [2.45, 2.75) is 19.6 Å². The number of aromatic nitrogens is 4. The van der Waals surface area contributed by atoms with Gasteiger partial charge in [-0.15, -0.1) is 5.10 Å². The van der Waals surface area contributed by atoms with Crippen LogP contribution in [0.15, 0.2) is 18.2 Å². The van der Waals surface area contributed by atoms with E-state index in [4.69, 9.17) is 15.2 Å². The van der Waals surface area contributed by atoms with Gasteiger partial charge in [-0.25, -0.2) is 4.68 Å². The van der Waals surface area contributed by atoms with Crippen LogP contribution in [0.2, 0.25) is 0 Å². The average molecular weight is 277 g/mol. The summed E-state index contributed by atoms with van der Waals surface area (Å²) in [7, 11) is 3.27. The molecule has 0 aliphatic rings. The van der Waals surface area contributed by atoms with E-state index in [1.165, 1.54) is 0 Å². The van der Waals surface area contributed by atoms with Crippen LogP contribution in [0.1, 0.15) is 5.56 Å². The molecule has 1 heterocycles. The number of tetrazole rings is 1. The Kier molecular flexibility index (Phi) is 4.65. The molecule has 1 aromatic carbocycles. The number of hydrogen-bond acceptors (Lipinski definition) is 6. The molecule has 0 spiro atoms. The van der Waals surface area contributed by atoms with Gasteiger partial charge in [-0.05, 0) is 41.1 Å². The molecular formula is C13H19N5O2. The standard InChI is InChI=1S/C13H19N5O2/c1-9-6-10(4-5-12(9)14)13-15-16-17-18(13)7-11(20-3)8-19-2/h4-6,11H,7-8,14H2,1-3H3. The minimum absolute atomic E-state index is 0.0999. The molecule has 0 aliphatic heterocycles. The van der Waals surface area contributed by atoms with Crippen molar-refractivity contribution in [3.8, 4) is 11.4 Å². The molecule has 0 saturated heterocycles. The summed E-state index contributed by atoms with van der Waals surface area (Å²) in [5.74, 6) is 0.686. The van der Waals surface area contributed by atoms with E-state index >= 15 is 0 Å². The number of nitrogens with zero attached hydrogens (tertiary/aromatic N) is 4. The number of nitrogen functional groups attached to an aromatic ring is 1. The fraction of sp³-hybridized carbons (Fsp3) is 0.462. The highest BCUT2D eigenvalue weighted by atomic mass is 16.5. The summed E-state index contributed by atoms with van der Waals surface area (Å²) in [5, 5.41) is 11.8. The number of ether oxygens (including phenoxy) is 2. The van der Waals surface area contributed by atoms with E-state index in [2.05, 4.69) is 15.5 Å². The van der Waals surface area contributed by atoms with Gasteiger partial charge in [-0.3, -0.25) is 0 Å². The average Bonchev–Trinajstić information content (AvgIpc) is 2.89. The maximum absolute atomic E-state index is 5.83. The highest BCUT2D eigenvalue weighted by Gasteiger charge is 2.15. The first kappa shape index (κ1) is 14.4. The minimum atomic E-state index is -0.0999. The normalized spacial score (nSPS) is 12.6. The third-order valence-electron chi connectivity index (χ3n) is 3.12. The quantitative estimate of drug-likeness (QED) is 0.789. The van der Waals surface area contributed by atoms with Crippen LogP contribution in [0, 0.1) is 6.92 Å². The predicted molar refractivity (Wildman–Crippen MR) is 75.1 cm³/mol. The Hall–Kier alpha value is -1.99. The lowest BCUT2D eigenvalue weighted by atomic mass is 10.1. The van der Waals surface area contributed by atoms with Crippen LogP contribution >= 0.6 is 0 Å². The Morgan fingerprint density at radius 2 is 2.15 bits per heavy atom. The number of anilines is 1. The summed E-state index contributed by atoms with van der Waals surface area (Å²) in [4.78, 5) is 0.